The molecule has 4 rings (SSSR count). The van der Waals surface area contributed by atoms with Crippen LogP contribution in [0.5, 0.6) is 0 Å². The summed E-state index contributed by atoms with van der Waals surface area (Å²) in [4.78, 5) is 36.3. The van der Waals surface area contributed by atoms with Crippen LogP contribution >= 0.6 is 0 Å². The number of fused-ring (bicyclic) bond motifs is 4. The fourth-order valence-electron chi connectivity index (χ4n) is 4.30. The molecule has 0 saturated heterocycles. The first-order chi connectivity index (χ1) is 14.4. The van der Waals surface area contributed by atoms with E-state index in [-0.39, 0.29) is 12.0 Å². The average molecular weight is 411 g/mol. The summed E-state index contributed by atoms with van der Waals surface area (Å²) in [5, 5.41) is 13.5. The van der Waals surface area contributed by atoms with Gasteiger partial charge in [0.05, 0.1) is 12.0 Å². The molecule has 1 amide bonds. The van der Waals surface area contributed by atoms with Gasteiger partial charge in [-0.05, 0) is 44.2 Å². The van der Waals surface area contributed by atoms with Crippen LogP contribution in [0.15, 0.2) is 25.8 Å². The predicted molar refractivity (Wildman–Crippen MR) is 112 cm³/mol. The van der Waals surface area contributed by atoms with Crippen LogP contribution in [0.25, 0.3) is 21.9 Å². The molecular formula is C23H25NO6. The molecule has 7 nitrogen and oxygen atoms in total. The highest BCUT2D eigenvalue weighted by Crippen LogP contribution is 2.35. The molecule has 3 aromatic rings. The van der Waals surface area contributed by atoms with Gasteiger partial charge in [-0.2, -0.15) is 0 Å². The normalized spacial score (nSPS) is 14.6. The molecule has 1 aliphatic rings. The second kappa shape index (κ2) is 7.97. The van der Waals surface area contributed by atoms with E-state index in [1.54, 1.807) is 13.0 Å². The Balaban J connectivity index is 1.72. The van der Waals surface area contributed by atoms with E-state index in [1.807, 2.05) is 13.0 Å². The van der Waals surface area contributed by atoms with Crippen LogP contribution in [0, 0.1) is 6.92 Å². The first kappa shape index (κ1) is 20.2. The summed E-state index contributed by atoms with van der Waals surface area (Å²) in [5.41, 5.74) is 2.69. The number of furan rings is 1. The molecule has 0 bridgehead atoms. The number of hydrogen-bond acceptors (Lipinski definition) is 5. The third-order valence-electron chi connectivity index (χ3n) is 5.91. The topological polar surface area (TPSA) is 110 Å². The number of carboxylic acids is 1. The zero-order valence-corrected chi connectivity index (χ0v) is 17.2. The molecule has 158 valence electrons. The molecule has 7 heteroatoms. The molecule has 0 spiro atoms. The molecular weight excluding hydrogens is 386 g/mol. The molecule has 2 aromatic heterocycles. The number of aliphatic carboxylic acids is 1. The van der Waals surface area contributed by atoms with Crippen molar-refractivity contribution in [3.63, 3.8) is 0 Å². The van der Waals surface area contributed by atoms with E-state index in [9.17, 15) is 19.5 Å². The Morgan fingerprint density at radius 2 is 1.87 bits per heavy atom. The Bertz CT molecular complexity index is 1200. The Kier molecular flexibility index (Phi) is 5.37. The molecule has 2 N–H and O–H groups in total. The average Bonchev–Trinajstić information content (AvgIpc) is 3.07. The lowest BCUT2D eigenvalue weighted by Crippen LogP contribution is -2.41. The van der Waals surface area contributed by atoms with E-state index < -0.39 is 23.5 Å². The SMILES string of the molecule is CCC[C@@H](NC(=O)Cc1c(C)c2cc3c4c(oc3cc2oc1=O)CCCC4)C(=O)O. The lowest BCUT2D eigenvalue weighted by molar-refractivity contribution is -0.141. The van der Waals surface area contributed by atoms with Crippen LogP contribution in [0.4, 0.5) is 0 Å². The predicted octanol–water partition coefficient (Wildman–Crippen LogP) is 3.64. The monoisotopic (exact) mass is 411 g/mol. The summed E-state index contributed by atoms with van der Waals surface area (Å²) >= 11 is 0. The zero-order valence-electron chi connectivity index (χ0n) is 17.2. The van der Waals surface area contributed by atoms with Crippen LogP contribution in [-0.2, 0) is 28.9 Å². The van der Waals surface area contributed by atoms with Gasteiger partial charge < -0.3 is 19.3 Å². The van der Waals surface area contributed by atoms with Crippen LogP contribution in [0.1, 0.15) is 55.1 Å². The van der Waals surface area contributed by atoms with Gasteiger partial charge in [0.25, 0.3) is 0 Å². The number of benzene rings is 1. The minimum absolute atomic E-state index is 0.223. The number of carbonyl (C=O) groups is 2. The van der Waals surface area contributed by atoms with Crippen LogP contribution < -0.4 is 10.9 Å². The minimum Gasteiger partial charge on any atom is -0.480 e. The Labute approximate surface area is 173 Å². The highest BCUT2D eigenvalue weighted by atomic mass is 16.4. The fourth-order valence-corrected chi connectivity index (χ4v) is 4.30. The third kappa shape index (κ3) is 3.60. The summed E-state index contributed by atoms with van der Waals surface area (Å²) in [7, 11) is 0. The van der Waals surface area contributed by atoms with Crippen LogP contribution in [0.2, 0.25) is 0 Å². The summed E-state index contributed by atoms with van der Waals surface area (Å²) in [6.07, 6.45) is 4.84. The van der Waals surface area contributed by atoms with Gasteiger partial charge in [-0.25, -0.2) is 9.59 Å². The maximum atomic E-state index is 12.6. The van der Waals surface area contributed by atoms with Gasteiger partial charge in [0, 0.05) is 28.8 Å². The Hall–Kier alpha value is -3.09. The van der Waals surface area contributed by atoms with Gasteiger partial charge in [0.2, 0.25) is 5.91 Å². The third-order valence-corrected chi connectivity index (χ3v) is 5.91. The standard InChI is InChI=1S/C23H25NO6/c1-3-6-17(22(26)27)24-21(25)10-15-12(2)14-9-16-13-7-4-5-8-18(13)29-20(16)11-19(14)30-23(15)28/h9,11,17H,3-8,10H2,1-2H3,(H,24,25)(H,26,27)/t17-/m1/s1. The van der Waals surface area contributed by atoms with E-state index in [0.717, 1.165) is 42.2 Å². The fraction of sp³-hybridized carbons (Fsp3) is 0.435. The minimum atomic E-state index is -1.08. The Morgan fingerprint density at radius 1 is 1.13 bits per heavy atom. The molecule has 1 aromatic carbocycles. The molecule has 1 atom stereocenters. The van der Waals surface area contributed by atoms with Gasteiger partial charge in [0.1, 0.15) is 23.0 Å². The quantitative estimate of drug-likeness (QED) is 0.599. The first-order valence-electron chi connectivity index (χ1n) is 10.4. The summed E-state index contributed by atoms with van der Waals surface area (Å²) < 4.78 is 11.5. The summed E-state index contributed by atoms with van der Waals surface area (Å²) in [6, 6.07) is 2.77. The second-order valence-corrected chi connectivity index (χ2v) is 7.97. The number of aryl methyl sites for hydroxylation is 3. The van der Waals surface area contributed by atoms with E-state index in [2.05, 4.69) is 5.32 Å². The lowest BCUT2D eigenvalue weighted by atomic mass is 9.94. The van der Waals surface area contributed by atoms with Crippen molar-refractivity contribution in [3.05, 3.63) is 45.0 Å². The van der Waals surface area contributed by atoms with E-state index in [1.165, 1.54) is 5.56 Å². The van der Waals surface area contributed by atoms with E-state index in [4.69, 9.17) is 8.83 Å². The van der Waals surface area contributed by atoms with Crippen molar-refractivity contribution < 1.29 is 23.5 Å². The van der Waals surface area contributed by atoms with E-state index >= 15 is 0 Å². The Morgan fingerprint density at radius 3 is 2.60 bits per heavy atom. The zero-order chi connectivity index (χ0) is 21.4. The highest BCUT2D eigenvalue weighted by Gasteiger charge is 2.23. The number of nitrogens with one attached hydrogen (secondary N) is 1. The molecule has 0 saturated carbocycles. The highest BCUT2D eigenvalue weighted by molar-refractivity contribution is 5.97. The molecule has 0 fully saturated rings. The molecule has 0 unspecified atom stereocenters. The smallest absolute Gasteiger partial charge is 0.340 e. The van der Waals surface area contributed by atoms with Crippen molar-refractivity contribution in [2.24, 2.45) is 0 Å². The van der Waals surface area contributed by atoms with Gasteiger partial charge >= 0.3 is 11.6 Å². The summed E-state index contributed by atoms with van der Waals surface area (Å²) in [6.45, 7) is 3.64. The summed E-state index contributed by atoms with van der Waals surface area (Å²) in [5.74, 6) is -0.589. The number of hydrogen-bond donors (Lipinski definition) is 2. The molecule has 2 heterocycles. The second-order valence-electron chi connectivity index (χ2n) is 7.97. The van der Waals surface area contributed by atoms with Crippen molar-refractivity contribution in [2.45, 2.75) is 64.8 Å². The van der Waals surface area contributed by atoms with Crippen LogP contribution in [-0.4, -0.2) is 23.0 Å². The van der Waals surface area contributed by atoms with Crippen molar-refractivity contribution >= 4 is 33.8 Å². The maximum Gasteiger partial charge on any atom is 0.340 e. The van der Waals surface area contributed by atoms with Crippen molar-refractivity contribution in [1.29, 1.82) is 0 Å². The number of carbonyl (C=O) groups excluding carboxylic acids is 1. The van der Waals surface area contributed by atoms with Crippen molar-refractivity contribution in [1.82, 2.24) is 5.32 Å². The molecule has 30 heavy (non-hydrogen) atoms. The van der Waals surface area contributed by atoms with Gasteiger partial charge in [-0.3, -0.25) is 4.79 Å². The number of amides is 1. The van der Waals surface area contributed by atoms with Crippen molar-refractivity contribution in [3.8, 4) is 0 Å². The number of carboxylic acid groups (broad SMARTS) is 1. The lowest BCUT2D eigenvalue weighted by Gasteiger charge is -2.14. The first-order valence-corrected chi connectivity index (χ1v) is 10.4. The van der Waals surface area contributed by atoms with Crippen LogP contribution in [0.3, 0.4) is 0 Å². The molecule has 0 radical (unpaired) electrons. The largest absolute Gasteiger partial charge is 0.480 e. The molecule has 1 aliphatic carbocycles. The number of rotatable bonds is 6. The van der Waals surface area contributed by atoms with Gasteiger partial charge in [-0.1, -0.05) is 13.3 Å². The van der Waals surface area contributed by atoms with Crippen molar-refractivity contribution in [2.75, 3.05) is 0 Å². The maximum absolute atomic E-state index is 12.6. The van der Waals surface area contributed by atoms with E-state index in [0.29, 0.717) is 29.6 Å². The van der Waals surface area contributed by atoms with Gasteiger partial charge in [0.15, 0.2) is 0 Å². The van der Waals surface area contributed by atoms with Gasteiger partial charge in [-0.15, -0.1) is 0 Å². The molecule has 0 aliphatic heterocycles.